The predicted molar refractivity (Wildman–Crippen MR) is 72.0 cm³/mol. The third-order valence-corrected chi connectivity index (χ3v) is 1.81. The minimum atomic E-state index is 0.0589. The molecule has 0 aliphatic heterocycles. The highest BCUT2D eigenvalue weighted by molar-refractivity contribution is 5.67. The molecule has 0 aliphatic rings. The normalized spacial score (nSPS) is 9.94. The van der Waals surface area contributed by atoms with E-state index in [9.17, 15) is 0 Å². The lowest BCUT2D eigenvalue weighted by atomic mass is 10.1. The zero-order valence-electron chi connectivity index (χ0n) is 11.2. The molecule has 0 saturated carbocycles. The van der Waals surface area contributed by atoms with E-state index in [0.717, 1.165) is 11.4 Å². The summed E-state index contributed by atoms with van der Waals surface area (Å²) in [6.07, 6.45) is 0. The predicted octanol–water partition coefficient (Wildman–Crippen LogP) is 2.58. The smallest absolute Gasteiger partial charge is 0.292 e. The average molecular weight is 238 g/mol. The summed E-state index contributed by atoms with van der Waals surface area (Å²) in [5.74, 6) is 0. The van der Waals surface area contributed by atoms with E-state index in [-0.39, 0.29) is 5.54 Å². The van der Waals surface area contributed by atoms with Crippen LogP contribution in [0, 0.1) is 6.92 Å². The minimum Gasteiger partial charge on any atom is -0.471 e. The summed E-state index contributed by atoms with van der Waals surface area (Å²) in [5, 5.41) is 3.35. The van der Waals surface area contributed by atoms with Crippen molar-refractivity contribution in [3.05, 3.63) is 23.8 Å². The molecule has 4 nitrogen and oxygen atoms in total. The van der Waals surface area contributed by atoms with Gasteiger partial charge in [-0.1, -0.05) is 6.07 Å². The lowest BCUT2D eigenvalue weighted by Crippen LogP contribution is -2.26. The third-order valence-electron chi connectivity index (χ3n) is 1.81. The van der Waals surface area contributed by atoms with Gasteiger partial charge in [-0.2, -0.15) is 0 Å². The summed E-state index contributed by atoms with van der Waals surface area (Å²) in [7, 11) is 1.31. The highest BCUT2D eigenvalue weighted by atomic mass is 16.5. The van der Waals surface area contributed by atoms with E-state index in [1.54, 1.807) is 0 Å². The van der Waals surface area contributed by atoms with Crippen LogP contribution in [0.1, 0.15) is 26.3 Å². The first-order chi connectivity index (χ1) is 7.80. The van der Waals surface area contributed by atoms with Crippen LogP contribution in [0.4, 0.5) is 11.4 Å². The standard InChI is InChI=1S/C11H18N2.C2H4O2/c1-8-5-6-10(9(12)7-8)13-11(2,3)4;1-4-2-3/h5-7,13H,12H2,1-4H3;2H,1H3. The van der Waals surface area contributed by atoms with Crippen molar-refractivity contribution in [2.24, 2.45) is 0 Å². The molecule has 0 unspecified atom stereocenters. The Morgan fingerprint density at radius 2 is 1.88 bits per heavy atom. The van der Waals surface area contributed by atoms with Gasteiger partial charge in [0.2, 0.25) is 0 Å². The zero-order chi connectivity index (χ0) is 13.5. The highest BCUT2D eigenvalue weighted by Crippen LogP contribution is 2.22. The van der Waals surface area contributed by atoms with Crippen molar-refractivity contribution in [1.82, 2.24) is 0 Å². The Balaban J connectivity index is 0.000000557. The quantitative estimate of drug-likeness (QED) is 0.614. The Bertz CT molecular complexity index is 357. The second kappa shape index (κ2) is 6.78. The Morgan fingerprint density at radius 3 is 2.24 bits per heavy atom. The van der Waals surface area contributed by atoms with Crippen LogP contribution < -0.4 is 11.1 Å². The molecule has 1 rings (SSSR count). The summed E-state index contributed by atoms with van der Waals surface area (Å²) in [6, 6.07) is 6.06. The van der Waals surface area contributed by atoms with Crippen LogP contribution in [0.5, 0.6) is 0 Å². The summed E-state index contributed by atoms with van der Waals surface area (Å²) in [4.78, 5) is 8.95. The van der Waals surface area contributed by atoms with Crippen LogP contribution >= 0.6 is 0 Å². The Labute approximate surface area is 103 Å². The van der Waals surface area contributed by atoms with Crippen LogP contribution in [0.2, 0.25) is 0 Å². The van der Waals surface area contributed by atoms with Gasteiger partial charge in [0, 0.05) is 5.54 Å². The maximum Gasteiger partial charge on any atom is 0.292 e. The van der Waals surface area contributed by atoms with Gasteiger partial charge in [0.25, 0.3) is 6.47 Å². The molecule has 4 heteroatoms. The van der Waals surface area contributed by atoms with Crippen LogP contribution in [-0.2, 0) is 9.53 Å². The number of ether oxygens (including phenoxy) is 1. The molecule has 0 aliphatic carbocycles. The van der Waals surface area contributed by atoms with Crippen molar-refractivity contribution in [3.8, 4) is 0 Å². The Morgan fingerprint density at radius 1 is 1.35 bits per heavy atom. The number of rotatable bonds is 2. The van der Waals surface area contributed by atoms with Crippen molar-refractivity contribution in [2.75, 3.05) is 18.2 Å². The molecule has 0 fully saturated rings. The number of hydrogen-bond acceptors (Lipinski definition) is 4. The first kappa shape index (κ1) is 15.3. The largest absolute Gasteiger partial charge is 0.471 e. The lowest BCUT2D eigenvalue weighted by Gasteiger charge is -2.23. The van der Waals surface area contributed by atoms with Gasteiger partial charge in [-0.25, -0.2) is 0 Å². The fraction of sp³-hybridized carbons (Fsp3) is 0.462. The summed E-state index contributed by atoms with van der Waals surface area (Å²) in [6.45, 7) is 8.77. The second-order valence-corrected chi connectivity index (χ2v) is 4.80. The molecule has 0 saturated heterocycles. The van der Waals surface area contributed by atoms with E-state index in [1.165, 1.54) is 12.7 Å². The van der Waals surface area contributed by atoms with Crippen molar-refractivity contribution < 1.29 is 9.53 Å². The molecule has 96 valence electrons. The molecule has 0 spiro atoms. The monoisotopic (exact) mass is 238 g/mol. The number of aryl methyl sites for hydroxylation is 1. The van der Waals surface area contributed by atoms with Crippen LogP contribution in [0.15, 0.2) is 18.2 Å². The molecule has 0 radical (unpaired) electrons. The number of nitrogens with one attached hydrogen (secondary N) is 1. The number of carbonyl (C=O) groups is 1. The zero-order valence-corrected chi connectivity index (χ0v) is 11.2. The molecular formula is C13H22N2O2. The van der Waals surface area contributed by atoms with Crippen LogP contribution in [0.3, 0.4) is 0 Å². The molecule has 0 amide bonds. The van der Waals surface area contributed by atoms with E-state index in [2.05, 4.69) is 36.9 Å². The molecular weight excluding hydrogens is 216 g/mol. The summed E-state index contributed by atoms with van der Waals surface area (Å²) < 4.78 is 3.86. The van der Waals surface area contributed by atoms with Gasteiger partial charge in [0.1, 0.15) is 0 Å². The van der Waals surface area contributed by atoms with Crippen molar-refractivity contribution in [3.63, 3.8) is 0 Å². The number of nitrogens with two attached hydrogens (primary N) is 1. The lowest BCUT2D eigenvalue weighted by molar-refractivity contribution is -0.126. The number of benzene rings is 1. The van der Waals surface area contributed by atoms with Gasteiger partial charge < -0.3 is 15.8 Å². The van der Waals surface area contributed by atoms with Gasteiger partial charge in [0.15, 0.2) is 0 Å². The van der Waals surface area contributed by atoms with E-state index < -0.39 is 0 Å². The summed E-state index contributed by atoms with van der Waals surface area (Å²) >= 11 is 0. The maximum absolute atomic E-state index is 8.95. The first-order valence-electron chi connectivity index (χ1n) is 5.41. The van der Waals surface area contributed by atoms with Gasteiger partial charge in [0.05, 0.1) is 18.5 Å². The van der Waals surface area contributed by atoms with Crippen molar-refractivity contribution in [2.45, 2.75) is 33.2 Å². The van der Waals surface area contributed by atoms with E-state index >= 15 is 0 Å². The molecule has 3 N–H and O–H groups in total. The van der Waals surface area contributed by atoms with Crippen molar-refractivity contribution in [1.29, 1.82) is 0 Å². The van der Waals surface area contributed by atoms with Gasteiger partial charge >= 0.3 is 0 Å². The van der Waals surface area contributed by atoms with E-state index in [0.29, 0.717) is 6.47 Å². The third kappa shape index (κ3) is 7.22. The molecule has 1 aromatic rings. The minimum absolute atomic E-state index is 0.0589. The van der Waals surface area contributed by atoms with E-state index in [4.69, 9.17) is 10.5 Å². The van der Waals surface area contributed by atoms with Gasteiger partial charge in [-0.3, -0.25) is 4.79 Å². The Kier molecular flexibility index (Phi) is 6.10. The molecule has 0 aromatic heterocycles. The topological polar surface area (TPSA) is 64.3 Å². The average Bonchev–Trinajstić information content (AvgIpc) is 2.21. The molecule has 1 aromatic carbocycles. The van der Waals surface area contributed by atoms with Gasteiger partial charge in [-0.15, -0.1) is 0 Å². The Hall–Kier alpha value is -1.71. The fourth-order valence-corrected chi connectivity index (χ4v) is 1.20. The number of nitrogen functional groups attached to an aromatic ring is 1. The van der Waals surface area contributed by atoms with Gasteiger partial charge in [-0.05, 0) is 45.4 Å². The number of anilines is 2. The van der Waals surface area contributed by atoms with Crippen LogP contribution in [0.25, 0.3) is 0 Å². The second-order valence-electron chi connectivity index (χ2n) is 4.80. The maximum atomic E-state index is 8.95. The molecule has 17 heavy (non-hydrogen) atoms. The van der Waals surface area contributed by atoms with Crippen LogP contribution in [-0.4, -0.2) is 19.1 Å². The SMILES string of the molecule is COC=O.Cc1ccc(NC(C)(C)C)c(N)c1. The fourth-order valence-electron chi connectivity index (χ4n) is 1.20. The van der Waals surface area contributed by atoms with E-state index in [1.807, 2.05) is 19.1 Å². The number of hydrogen-bond donors (Lipinski definition) is 2. The molecule has 0 atom stereocenters. The first-order valence-corrected chi connectivity index (χ1v) is 5.41. The molecule has 0 bridgehead atoms. The van der Waals surface area contributed by atoms with Crippen molar-refractivity contribution >= 4 is 17.8 Å². The number of methoxy groups -OCH3 is 1. The highest BCUT2D eigenvalue weighted by Gasteiger charge is 2.10. The number of carbonyl (C=O) groups excluding carboxylic acids is 1. The molecule has 0 heterocycles. The summed E-state index contributed by atoms with van der Waals surface area (Å²) in [5.41, 5.74) is 8.94.